The van der Waals surface area contributed by atoms with Gasteiger partial charge in [0.1, 0.15) is 11.6 Å². The van der Waals surface area contributed by atoms with E-state index in [0.29, 0.717) is 17.7 Å². The number of nitrogens with one attached hydrogen (secondary N) is 2. The number of H-pyrrole nitrogens is 1. The minimum absolute atomic E-state index is 0.0686. The molecule has 1 aliphatic heterocycles. The van der Waals surface area contributed by atoms with Crippen LogP contribution < -0.4 is 5.32 Å². The first-order valence-electron chi connectivity index (χ1n) is 7.55. The summed E-state index contributed by atoms with van der Waals surface area (Å²) in [5.74, 6) is -0.132. The van der Waals surface area contributed by atoms with Gasteiger partial charge in [-0.25, -0.2) is 4.98 Å². The lowest BCUT2D eigenvalue weighted by atomic mass is 10.0. The largest absolute Gasteiger partial charge is 0.371 e. The molecule has 0 spiro atoms. The zero-order valence-corrected chi connectivity index (χ0v) is 12.7. The Morgan fingerprint density at radius 3 is 3.22 bits per heavy atom. The van der Waals surface area contributed by atoms with Crippen molar-refractivity contribution in [3.8, 4) is 0 Å². The second-order valence-electron chi connectivity index (χ2n) is 5.71. The van der Waals surface area contributed by atoms with Crippen LogP contribution in [-0.4, -0.2) is 38.3 Å². The highest BCUT2D eigenvalue weighted by atomic mass is 16.5. The number of rotatable bonds is 3. The van der Waals surface area contributed by atoms with E-state index in [-0.39, 0.29) is 18.1 Å². The highest BCUT2D eigenvalue weighted by molar-refractivity contribution is 6.04. The predicted molar refractivity (Wildman–Crippen MR) is 83.9 cm³/mol. The molecule has 7 nitrogen and oxygen atoms in total. The normalized spacial score (nSPS) is 20.9. The molecule has 0 bridgehead atoms. The highest BCUT2D eigenvalue weighted by Crippen LogP contribution is 2.29. The maximum absolute atomic E-state index is 12.7. The van der Waals surface area contributed by atoms with Crippen molar-refractivity contribution < 1.29 is 9.53 Å². The number of para-hydroxylation sites is 1. The molecule has 1 aromatic carbocycles. The molecule has 7 heteroatoms. The quantitative estimate of drug-likeness (QED) is 0.768. The molecule has 4 rings (SSSR count). The van der Waals surface area contributed by atoms with Gasteiger partial charge in [-0.2, -0.15) is 5.10 Å². The van der Waals surface area contributed by atoms with Crippen LogP contribution in [0.5, 0.6) is 0 Å². The second-order valence-corrected chi connectivity index (χ2v) is 5.71. The van der Waals surface area contributed by atoms with Crippen molar-refractivity contribution in [2.75, 3.05) is 6.61 Å². The van der Waals surface area contributed by atoms with E-state index in [1.54, 1.807) is 23.3 Å². The summed E-state index contributed by atoms with van der Waals surface area (Å²) in [5.41, 5.74) is 3.08. The van der Waals surface area contributed by atoms with Gasteiger partial charge >= 0.3 is 0 Å². The SMILES string of the molecule is Cn1cc([C@H]2OCC[C@@H]2NC(=O)c2cccc3[nH]cnc23)cn1. The number of aromatic amines is 1. The van der Waals surface area contributed by atoms with Crippen LogP contribution in [0.1, 0.15) is 28.4 Å². The molecular formula is C16H17N5O2. The maximum atomic E-state index is 12.7. The summed E-state index contributed by atoms with van der Waals surface area (Å²) in [6.45, 7) is 0.622. The van der Waals surface area contributed by atoms with Crippen LogP contribution in [-0.2, 0) is 11.8 Å². The zero-order chi connectivity index (χ0) is 15.8. The fourth-order valence-electron chi connectivity index (χ4n) is 3.05. The van der Waals surface area contributed by atoms with Crippen LogP contribution in [0.15, 0.2) is 36.9 Å². The zero-order valence-electron chi connectivity index (χ0n) is 12.7. The highest BCUT2D eigenvalue weighted by Gasteiger charge is 2.32. The maximum Gasteiger partial charge on any atom is 0.253 e. The van der Waals surface area contributed by atoms with Gasteiger partial charge in [-0.1, -0.05) is 6.07 Å². The number of fused-ring (bicyclic) bond motifs is 1. The fraction of sp³-hybridized carbons (Fsp3) is 0.312. The molecule has 2 aromatic heterocycles. The van der Waals surface area contributed by atoms with Crippen molar-refractivity contribution in [2.45, 2.75) is 18.6 Å². The van der Waals surface area contributed by atoms with Crippen LogP contribution >= 0.6 is 0 Å². The third-order valence-corrected chi connectivity index (χ3v) is 4.16. The van der Waals surface area contributed by atoms with E-state index in [2.05, 4.69) is 20.4 Å². The molecule has 1 saturated heterocycles. The lowest BCUT2D eigenvalue weighted by Crippen LogP contribution is -2.36. The lowest BCUT2D eigenvalue weighted by Gasteiger charge is -2.19. The van der Waals surface area contributed by atoms with E-state index in [0.717, 1.165) is 17.5 Å². The molecule has 23 heavy (non-hydrogen) atoms. The van der Waals surface area contributed by atoms with Crippen molar-refractivity contribution in [2.24, 2.45) is 7.05 Å². The van der Waals surface area contributed by atoms with E-state index in [1.807, 2.05) is 25.4 Å². The average molecular weight is 311 g/mol. The molecule has 0 saturated carbocycles. The first-order chi connectivity index (χ1) is 11.2. The number of hydrogen-bond acceptors (Lipinski definition) is 4. The Hall–Kier alpha value is -2.67. The monoisotopic (exact) mass is 311 g/mol. The number of carbonyl (C=O) groups excluding carboxylic acids is 1. The molecule has 2 atom stereocenters. The van der Waals surface area contributed by atoms with E-state index >= 15 is 0 Å². The van der Waals surface area contributed by atoms with Crippen molar-refractivity contribution in [3.63, 3.8) is 0 Å². The number of ether oxygens (including phenoxy) is 1. The number of amides is 1. The molecule has 0 radical (unpaired) electrons. The van der Waals surface area contributed by atoms with Gasteiger partial charge in [-0.15, -0.1) is 0 Å². The predicted octanol–water partition coefficient (Wildman–Crippen LogP) is 1.56. The molecule has 1 aliphatic rings. The van der Waals surface area contributed by atoms with Crippen molar-refractivity contribution in [1.29, 1.82) is 0 Å². The number of carbonyl (C=O) groups is 1. The average Bonchev–Trinajstić information content (AvgIpc) is 3.26. The summed E-state index contributed by atoms with van der Waals surface area (Å²) < 4.78 is 7.52. The Bertz CT molecular complexity index is 853. The van der Waals surface area contributed by atoms with Crippen LogP contribution in [0.4, 0.5) is 0 Å². The molecule has 0 aliphatic carbocycles. The Labute approximate surface area is 132 Å². The van der Waals surface area contributed by atoms with Crippen molar-refractivity contribution in [3.05, 3.63) is 48.0 Å². The van der Waals surface area contributed by atoms with Crippen molar-refractivity contribution >= 4 is 16.9 Å². The number of aryl methyl sites for hydroxylation is 1. The summed E-state index contributed by atoms with van der Waals surface area (Å²) in [6, 6.07) is 5.46. The topological polar surface area (TPSA) is 84.8 Å². The Morgan fingerprint density at radius 2 is 2.39 bits per heavy atom. The molecule has 3 heterocycles. The number of aromatic nitrogens is 4. The van der Waals surface area contributed by atoms with E-state index < -0.39 is 0 Å². The van der Waals surface area contributed by atoms with Crippen LogP contribution in [0.2, 0.25) is 0 Å². The van der Waals surface area contributed by atoms with Gasteiger partial charge in [-0.3, -0.25) is 9.48 Å². The van der Waals surface area contributed by atoms with Gasteiger partial charge < -0.3 is 15.0 Å². The Balaban J connectivity index is 1.57. The van der Waals surface area contributed by atoms with Gasteiger partial charge in [0.15, 0.2) is 0 Å². The standard InChI is InChI=1S/C16H17N5O2/c1-21-8-10(7-19-21)15-13(5-6-23-15)20-16(22)11-3-2-4-12-14(11)18-9-17-12/h2-4,7-9,13,15H,5-6H2,1H3,(H,17,18)(H,20,22)/t13-,15+/m0/s1. The van der Waals surface area contributed by atoms with E-state index in [4.69, 9.17) is 4.74 Å². The number of nitrogens with zero attached hydrogens (tertiary/aromatic N) is 3. The summed E-state index contributed by atoms with van der Waals surface area (Å²) in [5, 5.41) is 7.26. The van der Waals surface area contributed by atoms with Crippen LogP contribution in [0.25, 0.3) is 11.0 Å². The molecule has 3 aromatic rings. The van der Waals surface area contributed by atoms with E-state index in [1.165, 1.54) is 0 Å². The number of hydrogen-bond donors (Lipinski definition) is 2. The second kappa shape index (κ2) is 5.51. The summed E-state index contributed by atoms with van der Waals surface area (Å²) >= 11 is 0. The van der Waals surface area contributed by atoms with Crippen molar-refractivity contribution in [1.82, 2.24) is 25.1 Å². The molecule has 2 N–H and O–H groups in total. The summed E-state index contributed by atoms with van der Waals surface area (Å²) in [6.07, 6.45) is 5.92. The number of benzene rings is 1. The Morgan fingerprint density at radius 1 is 1.48 bits per heavy atom. The summed E-state index contributed by atoms with van der Waals surface area (Å²) in [7, 11) is 1.87. The third-order valence-electron chi connectivity index (χ3n) is 4.16. The molecule has 0 unspecified atom stereocenters. The lowest BCUT2D eigenvalue weighted by molar-refractivity contribution is 0.0822. The minimum Gasteiger partial charge on any atom is -0.371 e. The summed E-state index contributed by atoms with van der Waals surface area (Å²) in [4.78, 5) is 19.9. The molecule has 118 valence electrons. The molecular weight excluding hydrogens is 294 g/mol. The molecule has 1 fully saturated rings. The van der Waals surface area contributed by atoms with Crippen LogP contribution in [0.3, 0.4) is 0 Å². The van der Waals surface area contributed by atoms with Gasteiger partial charge in [0.25, 0.3) is 5.91 Å². The minimum atomic E-state index is -0.161. The van der Waals surface area contributed by atoms with Gasteiger partial charge in [0, 0.05) is 25.4 Å². The Kier molecular flexibility index (Phi) is 3.34. The van der Waals surface area contributed by atoms with Gasteiger partial charge in [0.2, 0.25) is 0 Å². The van der Waals surface area contributed by atoms with E-state index in [9.17, 15) is 4.79 Å². The van der Waals surface area contributed by atoms with Crippen LogP contribution in [0, 0.1) is 0 Å². The smallest absolute Gasteiger partial charge is 0.253 e. The third kappa shape index (κ3) is 2.49. The first kappa shape index (κ1) is 14.0. The number of imidazole rings is 1. The van der Waals surface area contributed by atoms with Gasteiger partial charge in [-0.05, 0) is 18.6 Å². The fourth-order valence-corrected chi connectivity index (χ4v) is 3.05. The first-order valence-corrected chi connectivity index (χ1v) is 7.55. The van der Waals surface area contributed by atoms with Gasteiger partial charge in [0.05, 0.1) is 29.6 Å². The molecule has 1 amide bonds.